The van der Waals surface area contributed by atoms with Gasteiger partial charge in [0.1, 0.15) is 0 Å². The third-order valence-electron chi connectivity index (χ3n) is 5.47. The number of aryl methyl sites for hydroxylation is 1. The number of nitrogens with one attached hydrogen (secondary N) is 1. The molecule has 3 atom stereocenters. The van der Waals surface area contributed by atoms with Gasteiger partial charge in [0.25, 0.3) is 0 Å². The van der Waals surface area contributed by atoms with Gasteiger partial charge in [0.15, 0.2) is 0 Å². The standard InChI is InChI=1S/C19H30N2/c1-16(11-12-17-7-3-2-4-8-17)21-14-6-9-18(15-21)19-10-5-13-20-19/h2-4,7-8,16,18-20H,5-6,9-15H2,1H3. The van der Waals surface area contributed by atoms with Gasteiger partial charge in [-0.05, 0) is 70.0 Å². The average Bonchev–Trinajstić information content (AvgIpc) is 3.08. The second-order valence-electron chi connectivity index (χ2n) is 6.97. The van der Waals surface area contributed by atoms with Crippen molar-refractivity contribution in [1.82, 2.24) is 10.2 Å². The summed E-state index contributed by atoms with van der Waals surface area (Å²) in [5.74, 6) is 0.889. The minimum Gasteiger partial charge on any atom is -0.314 e. The molecular formula is C19H30N2. The predicted octanol–water partition coefficient (Wildman–Crippen LogP) is 3.47. The van der Waals surface area contributed by atoms with Crippen LogP contribution in [0.25, 0.3) is 0 Å². The second kappa shape index (κ2) is 7.42. The monoisotopic (exact) mass is 286 g/mol. The first-order valence-electron chi connectivity index (χ1n) is 8.84. The molecule has 3 rings (SSSR count). The Kier molecular flexibility index (Phi) is 5.32. The number of hydrogen-bond donors (Lipinski definition) is 1. The molecule has 21 heavy (non-hydrogen) atoms. The van der Waals surface area contributed by atoms with Gasteiger partial charge in [-0.3, -0.25) is 0 Å². The van der Waals surface area contributed by atoms with Crippen LogP contribution in [-0.4, -0.2) is 36.6 Å². The van der Waals surface area contributed by atoms with Crippen molar-refractivity contribution >= 4 is 0 Å². The highest BCUT2D eigenvalue weighted by molar-refractivity contribution is 5.14. The Bertz CT molecular complexity index is 411. The Morgan fingerprint density at radius 2 is 2.05 bits per heavy atom. The molecule has 0 aliphatic carbocycles. The molecule has 3 unspecified atom stereocenters. The zero-order chi connectivity index (χ0) is 14.5. The third-order valence-corrected chi connectivity index (χ3v) is 5.47. The summed E-state index contributed by atoms with van der Waals surface area (Å²) in [5, 5.41) is 3.72. The molecule has 0 spiro atoms. The number of rotatable bonds is 5. The van der Waals surface area contributed by atoms with Crippen molar-refractivity contribution in [2.24, 2.45) is 5.92 Å². The number of piperidine rings is 1. The molecule has 2 aliphatic heterocycles. The molecule has 1 aromatic rings. The molecule has 1 aromatic carbocycles. The number of hydrogen-bond acceptors (Lipinski definition) is 2. The summed E-state index contributed by atoms with van der Waals surface area (Å²) < 4.78 is 0. The lowest BCUT2D eigenvalue weighted by atomic mass is 9.88. The zero-order valence-corrected chi connectivity index (χ0v) is 13.4. The highest BCUT2D eigenvalue weighted by atomic mass is 15.2. The Hall–Kier alpha value is -0.860. The van der Waals surface area contributed by atoms with E-state index in [-0.39, 0.29) is 0 Å². The van der Waals surface area contributed by atoms with Crippen LogP contribution >= 0.6 is 0 Å². The molecule has 116 valence electrons. The van der Waals surface area contributed by atoms with Crippen LogP contribution in [0.4, 0.5) is 0 Å². The second-order valence-corrected chi connectivity index (χ2v) is 6.97. The fraction of sp³-hybridized carbons (Fsp3) is 0.684. The summed E-state index contributed by atoms with van der Waals surface area (Å²) in [6, 6.07) is 12.5. The van der Waals surface area contributed by atoms with Gasteiger partial charge in [0.2, 0.25) is 0 Å². The third kappa shape index (κ3) is 4.08. The molecule has 2 heteroatoms. The van der Waals surface area contributed by atoms with E-state index < -0.39 is 0 Å². The minimum atomic E-state index is 0.717. The summed E-state index contributed by atoms with van der Waals surface area (Å²) in [7, 11) is 0. The molecule has 2 fully saturated rings. The van der Waals surface area contributed by atoms with E-state index in [2.05, 4.69) is 47.5 Å². The highest BCUT2D eigenvalue weighted by Crippen LogP contribution is 2.26. The van der Waals surface area contributed by atoms with Gasteiger partial charge in [-0.2, -0.15) is 0 Å². The van der Waals surface area contributed by atoms with E-state index in [1.165, 1.54) is 63.7 Å². The van der Waals surface area contributed by atoms with E-state index in [4.69, 9.17) is 0 Å². The Labute approximate surface area is 129 Å². The maximum absolute atomic E-state index is 3.72. The first-order valence-corrected chi connectivity index (χ1v) is 8.84. The fourth-order valence-corrected chi connectivity index (χ4v) is 4.09. The van der Waals surface area contributed by atoms with Crippen molar-refractivity contribution in [3.8, 4) is 0 Å². The van der Waals surface area contributed by atoms with E-state index in [9.17, 15) is 0 Å². The van der Waals surface area contributed by atoms with Crippen molar-refractivity contribution in [1.29, 1.82) is 0 Å². The van der Waals surface area contributed by atoms with Gasteiger partial charge in [0.05, 0.1) is 0 Å². The van der Waals surface area contributed by atoms with Crippen LogP contribution < -0.4 is 5.32 Å². The van der Waals surface area contributed by atoms with Gasteiger partial charge < -0.3 is 10.2 Å². The van der Waals surface area contributed by atoms with E-state index in [0.29, 0.717) is 0 Å². The summed E-state index contributed by atoms with van der Waals surface area (Å²) in [6.45, 7) is 6.28. The Balaban J connectivity index is 1.48. The number of nitrogens with zero attached hydrogens (tertiary/aromatic N) is 1. The van der Waals surface area contributed by atoms with Crippen molar-refractivity contribution in [2.75, 3.05) is 19.6 Å². The first-order chi connectivity index (χ1) is 10.3. The van der Waals surface area contributed by atoms with Crippen LogP contribution in [0.2, 0.25) is 0 Å². The van der Waals surface area contributed by atoms with E-state index in [1.54, 1.807) is 0 Å². The van der Waals surface area contributed by atoms with Crippen LogP contribution in [0.3, 0.4) is 0 Å². The van der Waals surface area contributed by atoms with Crippen LogP contribution in [0.1, 0.15) is 44.6 Å². The smallest absolute Gasteiger partial charge is 0.0108 e. The summed E-state index contributed by atoms with van der Waals surface area (Å²) >= 11 is 0. The van der Waals surface area contributed by atoms with Crippen LogP contribution in [0.15, 0.2) is 30.3 Å². The topological polar surface area (TPSA) is 15.3 Å². The molecule has 0 bridgehead atoms. The van der Waals surface area contributed by atoms with Crippen LogP contribution in [0.5, 0.6) is 0 Å². The molecule has 0 amide bonds. The normalized spacial score (nSPS) is 28.6. The lowest BCUT2D eigenvalue weighted by Crippen LogP contribution is -2.46. The van der Waals surface area contributed by atoms with Gasteiger partial charge in [-0.25, -0.2) is 0 Å². The molecule has 2 saturated heterocycles. The first kappa shape index (κ1) is 15.1. The van der Waals surface area contributed by atoms with Gasteiger partial charge in [-0.15, -0.1) is 0 Å². The predicted molar refractivity (Wildman–Crippen MR) is 89.5 cm³/mol. The molecular weight excluding hydrogens is 256 g/mol. The molecule has 2 aliphatic rings. The molecule has 2 nitrogen and oxygen atoms in total. The maximum atomic E-state index is 3.72. The Morgan fingerprint density at radius 1 is 1.19 bits per heavy atom. The summed E-state index contributed by atoms with van der Waals surface area (Å²) in [5.41, 5.74) is 1.48. The highest BCUT2D eigenvalue weighted by Gasteiger charge is 2.30. The van der Waals surface area contributed by atoms with E-state index >= 15 is 0 Å². The van der Waals surface area contributed by atoms with Gasteiger partial charge in [-0.1, -0.05) is 30.3 Å². The number of benzene rings is 1. The molecule has 1 N–H and O–H groups in total. The summed E-state index contributed by atoms with van der Waals surface area (Å²) in [4.78, 5) is 2.75. The fourth-order valence-electron chi connectivity index (χ4n) is 4.09. The van der Waals surface area contributed by atoms with Crippen molar-refractivity contribution in [2.45, 2.75) is 57.5 Å². The molecule has 0 radical (unpaired) electrons. The minimum absolute atomic E-state index is 0.717. The van der Waals surface area contributed by atoms with Crippen molar-refractivity contribution in [3.05, 3.63) is 35.9 Å². The molecule has 0 aromatic heterocycles. The van der Waals surface area contributed by atoms with Crippen LogP contribution in [-0.2, 0) is 6.42 Å². The molecule has 2 heterocycles. The lowest BCUT2D eigenvalue weighted by Gasteiger charge is -2.39. The SMILES string of the molecule is CC(CCc1ccccc1)N1CCCC(C2CCCN2)C1. The zero-order valence-electron chi connectivity index (χ0n) is 13.4. The van der Waals surface area contributed by atoms with Crippen molar-refractivity contribution < 1.29 is 0 Å². The molecule has 0 saturated carbocycles. The average molecular weight is 286 g/mol. The van der Waals surface area contributed by atoms with Crippen LogP contribution in [0, 0.1) is 5.92 Å². The maximum Gasteiger partial charge on any atom is 0.0108 e. The Morgan fingerprint density at radius 3 is 2.81 bits per heavy atom. The number of likely N-dealkylation sites (tertiary alicyclic amines) is 1. The van der Waals surface area contributed by atoms with Gasteiger partial charge >= 0.3 is 0 Å². The largest absolute Gasteiger partial charge is 0.314 e. The lowest BCUT2D eigenvalue weighted by molar-refractivity contribution is 0.110. The van der Waals surface area contributed by atoms with Gasteiger partial charge in [0, 0.05) is 18.6 Å². The van der Waals surface area contributed by atoms with E-state index in [0.717, 1.165) is 18.0 Å². The summed E-state index contributed by atoms with van der Waals surface area (Å²) in [6.07, 6.45) is 8.10. The van der Waals surface area contributed by atoms with Crippen molar-refractivity contribution in [3.63, 3.8) is 0 Å². The quantitative estimate of drug-likeness (QED) is 0.891. The van der Waals surface area contributed by atoms with E-state index in [1.807, 2.05) is 0 Å².